The summed E-state index contributed by atoms with van der Waals surface area (Å²) < 4.78 is 1.72. The van der Waals surface area contributed by atoms with E-state index in [-0.39, 0.29) is 31.2 Å². The van der Waals surface area contributed by atoms with Gasteiger partial charge in [0.25, 0.3) is 11.8 Å². The van der Waals surface area contributed by atoms with Gasteiger partial charge in [0.1, 0.15) is 11.3 Å². The highest BCUT2D eigenvalue weighted by atomic mass is 16.7. The molecule has 0 saturated heterocycles. The number of rotatable bonds is 10. The molecule has 1 aliphatic rings. The maximum Gasteiger partial charge on any atom is 0.475 e. The third-order valence-electron chi connectivity index (χ3n) is 6.36. The molecule has 11 heteroatoms. The van der Waals surface area contributed by atoms with Crippen LogP contribution in [-0.4, -0.2) is 62.2 Å². The van der Waals surface area contributed by atoms with Crippen molar-refractivity contribution in [3.05, 3.63) is 71.7 Å². The van der Waals surface area contributed by atoms with Gasteiger partial charge < -0.3 is 25.5 Å². The Kier molecular flexibility index (Phi) is 7.94. The lowest BCUT2D eigenvalue weighted by atomic mass is 9.74. The number of carbonyl (C=O) groups is 2. The quantitative estimate of drug-likeness (QED) is 0.310. The van der Waals surface area contributed by atoms with Crippen molar-refractivity contribution in [3.8, 4) is 0 Å². The van der Waals surface area contributed by atoms with E-state index >= 15 is 0 Å². The topological polar surface area (TPSA) is 138 Å². The van der Waals surface area contributed by atoms with Crippen LogP contribution in [0.1, 0.15) is 48.4 Å². The lowest BCUT2D eigenvalue weighted by molar-refractivity contribution is -0.144. The Morgan fingerprint density at radius 3 is 2.59 bits per heavy atom. The van der Waals surface area contributed by atoms with E-state index in [1.54, 1.807) is 17.5 Å². The molecule has 0 saturated carbocycles. The van der Waals surface area contributed by atoms with E-state index in [0.717, 1.165) is 5.56 Å². The lowest BCUT2D eigenvalue weighted by Gasteiger charge is -2.29. The monoisotopic (exact) mass is 505 g/mol. The van der Waals surface area contributed by atoms with E-state index in [0.29, 0.717) is 29.2 Å². The molecule has 1 aromatic carbocycles. The van der Waals surface area contributed by atoms with Crippen LogP contribution in [-0.2, 0) is 16.1 Å². The van der Waals surface area contributed by atoms with Crippen LogP contribution in [0.4, 0.5) is 0 Å². The minimum Gasteiger partial charge on any atom is -0.426 e. The molecule has 2 atom stereocenters. The highest BCUT2D eigenvalue weighted by Crippen LogP contribution is 2.29. The minimum absolute atomic E-state index is 0.0835. The Hall–Kier alpha value is -3.70. The van der Waals surface area contributed by atoms with E-state index < -0.39 is 24.6 Å². The molecule has 10 nitrogen and oxygen atoms in total. The summed E-state index contributed by atoms with van der Waals surface area (Å²) in [7, 11) is -1.71. The molecule has 37 heavy (non-hydrogen) atoms. The van der Waals surface area contributed by atoms with Gasteiger partial charge in [-0.25, -0.2) is 4.98 Å². The number of oxime groups is 1. The maximum absolute atomic E-state index is 13.5. The van der Waals surface area contributed by atoms with Crippen molar-refractivity contribution in [3.63, 3.8) is 0 Å². The van der Waals surface area contributed by atoms with Gasteiger partial charge in [0.05, 0.1) is 23.9 Å². The Bertz CT molecular complexity index is 1290. The molecule has 4 rings (SSSR count). The Labute approximate surface area is 215 Å². The predicted molar refractivity (Wildman–Crippen MR) is 140 cm³/mol. The molecule has 1 aliphatic heterocycles. The Morgan fingerprint density at radius 2 is 1.89 bits per heavy atom. The zero-order valence-electron chi connectivity index (χ0n) is 21.2. The van der Waals surface area contributed by atoms with E-state index in [1.165, 1.54) is 0 Å². The van der Waals surface area contributed by atoms with E-state index in [4.69, 9.17) is 4.84 Å². The number of amides is 2. The van der Waals surface area contributed by atoms with Crippen molar-refractivity contribution >= 4 is 30.3 Å². The molecule has 0 spiro atoms. The smallest absolute Gasteiger partial charge is 0.426 e. The van der Waals surface area contributed by atoms with Crippen molar-refractivity contribution in [2.75, 3.05) is 6.54 Å². The molecule has 4 N–H and O–H groups in total. The van der Waals surface area contributed by atoms with Gasteiger partial charge in [0, 0.05) is 19.0 Å². The SMILES string of the molecule is Cc1nc2ccccn2c1C(=O)NCC1=NOC(Cc2ccccc2)(C(=O)NC(CC(C)C)B(O)O)C1. The summed E-state index contributed by atoms with van der Waals surface area (Å²) in [6.45, 7) is 5.72. The molecule has 2 aromatic heterocycles. The summed E-state index contributed by atoms with van der Waals surface area (Å²) in [5.41, 5.74) is 1.68. The summed E-state index contributed by atoms with van der Waals surface area (Å²) in [6, 6.07) is 14.9. The third kappa shape index (κ3) is 6.00. The average molecular weight is 505 g/mol. The zero-order chi connectivity index (χ0) is 26.6. The van der Waals surface area contributed by atoms with Crippen molar-refractivity contribution in [1.82, 2.24) is 20.0 Å². The van der Waals surface area contributed by atoms with Gasteiger partial charge in [-0.1, -0.05) is 55.4 Å². The van der Waals surface area contributed by atoms with Crippen LogP contribution < -0.4 is 10.6 Å². The normalized spacial score (nSPS) is 17.8. The second-order valence-electron chi connectivity index (χ2n) is 9.86. The molecule has 0 fully saturated rings. The van der Waals surface area contributed by atoms with Crippen molar-refractivity contribution in [2.45, 2.75) is 51.6 Å². The number of pyridine rings is 1. The number of imidazole rings is 1. The minimum atomic E-state index is -1.71. The summed E-state index contributed by atoms with van der Waals surface area (Å²) in [6.07, 6.45) is 2.52. The highest BCUT2D eigenvalue weighted by Gasteiger charge is 2.48. The number of hydrogen-bond acceptors (Lipinski definition) is 7. The molecular weight excluding hydrogens is 473 g/mol. The molecule has 3 aromatic rings. The summed E-state index contributed by atoms with van der Waals surface area (Å²) in [5, 5.41) is 29.4. The Balaban J connectivity index is 1.49. The molecule has 194 valence electrons. The summed E-state index contributed by atoms with van der Waals surface area (Å²) in [4.78, 5) is 36.7. The summed E-state index contributed by atoms with van der Waals surface area (Å²) in [5.74, 6) is -1.53. The number of carbonyl (C=O) groups excluding carboxylic acids is 2. The maximum atomic E-state index is 13.5. The zero-order valence-corrected chi connectivity index (χ0v) is 21.2. The van der Waals surface area contributed by atoms with Crippen molar-refractivity contribution in [2.24, 2.45) is 11.1 Å². The van der Waals surface area contributed by atoms with Gasteiger partial charge in [0.2, 0.25) is 5.60 Å². The van der Waals surface area contributed by atoms with Gasteiger partial charge >= 0.3 is 7.12 Å². The first-order chi connectivity index (χ1) is 17.7. The van der Waals surface area contributed by atoms with E-state index in [9.17, 15) is 19.6 Å². The number of fused-ring (bicyclic) bond motifs is 1. The van der Waals surface area contributed by atoms with Gasteiger partial charge in [-0.05, 0) is 37.0 Å². The van der Waals surface area contributed by atoms with Crippen LogP contribution in [0.15, 0.2) is 59.9 Å². The number of nitrogens with one attached hydrogen (secondary N) is 2. The van der Waals surface area contributed by atoms with Crippen LogP contribution >= 0.6 is 0 Å². The predicted octanol–water partition coefficient (Wildman–Crippen LogP) is 1.67. The van der Waals surface area contributed by atoms with Crippen molar-refractivity contribution < 1.29 is 24.5 Å². The van der Waals surface area contributed by atoms with Crippen molar-refractivity contribution in [1.29, 1.82) is 0 Å². The highest BCUT2D eigenvalue weighted by molar-refractivity contribution is 6.43. The van der Waals surface area contributed by atoms with Crippen LogP contribution in [0.2, 0.25) is 0 Å². The molecule has 0 aliphatic carbocycles. The number of benzene rings is 1. The van der Waals surface area contributed by atoms with E-state index in [2.05, 4.69) is 20.8 Å². The van der Waals surface area contributed by atoms with Gasteiger partial charge in [-0.2, -0.15) is 0 Å². The van der Waals surface area contributed by atoms with E-state index in [1.807, 2.05) is 62.4 Å². The van der Waals surface area contributed by atoms with Crippen LogP contribution in [0.5, 0.6) is 0 Å². The molecule has 0 bridgehead atoms. The number of nitrogens with zero attached hydrogens (tertiary/aromatic N) is 3. The largest absolute Gasteiger partial charge is 0.475 e. The fraction of sp³-hybridized carbons (Fsp3) is 0.385. The Morgan fingerprint density at radius 1 is 1.16 bits per heavy atom. The standard InChI is InChI=1S/C26H32BN5O5/c1-17(2)13-21(27(35)36)30-25(34)26(14-19-9-5-4-6-10-19)15-20(31-37-26)16-28-24(33)23-18(3)29-22-11-7-8-12-32(22)23/h4-12,17,21,35-36H,13-16H2,1-3H3,(H,28,33)(H,30,34). The van der Waals surface area contributed by atoms with Crippen LogP contribution in [0.3, 0.4) is 0 Å². The fourth-order valence-corrected chi connectivity index (χ4v) is 4.58. The number of aryl methyl sites for hydroxylation is 1. The van der Waals surface area contributed by atoms with Crippen LogP contribution in [0.25, 0.3) is 5.65 Å². The van der Waals surface area contributed by atoms with Gasteiger partial charge in [-0.15, -0.1) is 0 Å². The molecule has 0 radical (unpaired) electrons. The second kappa shape index (κ2) is 11.1. The lowest BCUT2D eigenvalue weighted by Crippen LogP contribution is -2.56. The first-order valence-corrected chi connectivity index (χ1v) is 12.4. The second-order valence-corrected chi connectivity index (χ2v) is 9.86. The first-order valence-electron chi connectivity index (χ1n) is 12.4. The average Bonchev–Trinajstić information content (AvgIpc) is 3.43. The van der Waals surface area contributed by atoms with Gasteiger partial charge in [0.15, 0.2) is 0 Å². The fourth-order valence-electron chi connectivity index (χ4n) is 4.58. The number of aromatic nitrogens is 2. The molecule has 2 amide bonds. The number of hydrogen-bond donors (Lipinski definition) is 4. The molecule has 3 heterocycles. The van der Waals surface area contributed by atoms with Crippen LogP contribution in [0, 0.1) is 12.8 Å². The first kappa shape index (κ1) is 26.4. The molecule has 2 unspecified atom stereocenters. The van der Waals surface area contributed by atoms with Gasteiger partial charge in [-0.3, -0.25) is 14.0 Å². The summed E-state index contributed by atoms with van der Waals surface area (Å²) >= 11 is 0. The third-order valence-corrected chi connectivity index (χ3v) is 6.36. The molecular formula is C26H32BN5O5.